The first-order chi connectivity index (χ1) is 14.5. The quantitative estimate of drug-likeness (QED) is 0.246. The van der Waals surface area contributed by atoms with Gasteiger partial charge < -0.3 is 9.73 Å². The zero-order chi connectivity index (χ0) is 21.1. The van der Waals surface area contributed by atoms with Gasteiger partial charge in [0.25, 0.3) is 0 Å². The lowest BCUT2D eigenvalue weighted by Crippen LogP contribution is -2.15. The Hall–Kier alpha value is -2.55. The third-order valence-electron chi connectivity index (χ3n) is 4.21. The molecule has 0 aliphatic carbocycles. The molecule has 4 aromatic rings. The number of hydrogen-bond acceptors (Lipinski definition) is 5. The van der Waals surface area contributed by atoms with Gasteiger partial charge in [-0.1, -0.05) is 57.5 Å². The third kappa shape index (κ3) is 4.45. The molecule has 1 amide bonds. The van der Waals surface area contributed by atoms with Crippen molar-refractivity contribution in [3.63, 3.8) is 0 Å². The van der Waals surface area contributed by atoms with Crippen LogP contribution in [0.25, 0.3) is 22.6 Å². The molecule has 2 aromatic heterocycles. The standard InChI is InChI=1S/C21H16BrClN4O2S/c1-2-9-27-20(18-11-13-10-14(22)7-8-17(13)29-18)25-26-21(27)30-12-19(28)24-16-6-4-3-5-15(16)23/h2-8,10-11H,1,9,12H2,(H,24,28). The second kappa shape index (κ2) is 9.07. The summed E-state index contributed by atoms with van der Waals surface area (Å²) in [5, 5.41) is 13.4. The number of thioether (sulfide) groups is 1. The molecule has 0 atom stereocenters. The number of carbonyl (C=O) groups is 1. The van der Waals surface area contributed by atoms with Crippen molar-refractivity contribution in [2.45, 2.75) is 11.7 Å². The molecule has 30 heavy (non-hydrogen) atoms. The molecule has 6 nitrogen and oxygen atoms in total. The number of allylic oxidation sites excluding steroid dienone is 1. The van der Waals surface area contributed by atoms with E-state index < -0.39 is 0 Å². The fourth-order valence-corrected chi connectivity index (χ4v) is 4.18. The number of benzene rings is 2. The van der Waals surface area contributed by atoms with Crippen molar-refractivity contribution in [1.29, 1.82) is 0 Å². The lowest BCUT2D eigenvalue weighted by atomic mass is 10.2. The molecule has 0 saturated carbocycles. The number of para-hydroxylation sites is 1. The highest BCUT2D eigenvalue weighted by molar-refractivity contribution is 9.10. The summed E-state index contributed by atoms with van der Waals surface area (Å²) in [5.41, 5.74) is 1.33. The van der Waals surface area contributed by atoms with Crippen LogP contribution in [0.1, 0.15) is 0 Å². The Kier molecular flexibility index (Phi) is 6.26. The lowest BCUT2D eigenvalue weighted by molar-refractivity contribution is -0.113. The molecule has 152 valence electrons. The maximum absolute atomic E-state index is 12.3. The van der Waals surface area contributed by atoms with Crippen LogP contribution in [-0.4, -0.2) is 26.4 Å². The van der Waals surface area contributed by atoms with Crippen LogP contribution in [0.2, 0.25) is 5.02 Å². The summed E-state index contributed by atoms with van der Waals surface area (Å²) in [5.74, 6) is 1.16. The zero-order valence-corrected chi connectivity index (χ0v) is 18.8. The van der Waals surface area contributed by atoms with Gasteiger partial charge in [-0.25, -0.2) is 0 Å². The molecule has 0 fully saturated rings. The van der Waals surface area contributed by atoms with E-state index >= 15 is 0 Å². The summed E-state index contributed by atoms with van der Waals surface area (Å²) < 4.78 is 8.78. The van der Waals surface area contributed by atoms with Crippen molar-refractivity contribution < 1.29 is 9.21 Å². The van der Waals surface area contributed by atoms with E-state index in [-0.39, 0.29) is 11.7 Å². The highest BCUT2D eigenvalue weighted by Crippen LogP contribution is 2.31. The molecule has 0 aliphatic heterocycles. The highest BCUT2D eigenvalue weighted by Gasteiger charge is 2.18. The molecule has 0 radical (unpaired) electrons. The largest absolute Gasteiger partial charge is 0.453 e. The minimum atomic E-state index is -0.184. The maximum Gasteiger partial charge on any atom is 0.234 e. The van der Waals surface area contributed by atoms with Gasteiger partial charge in [-0.2, -0.15) is 0 Å². The molecule has 0 aliphatic rings. The molecule has 0 saturated heterocycles. The van der Waals surface area contributed by atoms with Gasteiger partial charge in [0.2, 0.25) is 11.7 Å². The van der Waals surface area contributed by atoms with Crippen LogP contribution in [0.4, 0.5) is 5.69 Å². The third-order valence-corrected chi connectivity index (χ3v) is 6.00. The van der Waals surface area contributed by atoms with E-state index in [1.807, 2.05) is 41.0 Å². The molecule has 0 spiro atoms. The Morgan fingerprint density at radius 3 is 2.90 bits per heavy atom. The number of furan rings is 1. The van der Waals surface area contributed by atoms with Crippen molar-refractivity contribution >= 4 is 61.9 Å². The van der Waals surface area contributed by atoms with E-state index in [1.165, 1.54) is 11.8 Å². The van der Waals surface area contributed by atoms with Gasteiger partial charge in [0.1, 0.15) is 5.58 Å². The van der Waals surface area contributed by atoms with E-state index in [9.17, 15) is 4.79 Å². The minimum absolute atomic E-state index is 0.160. The van der Waals surface area contributed by atoms with Crippen LogP contribution in [0.3, 0.4) is 0 Å². The number of fused-ring (bicyclic) bond motifs is 1. The normalized spacial score (nSPS) is 11.0. The Bertz CT molecular complexity index is 1240. The van der Waals surface area contributed by atoms with Crippen LogP contribution in [0.5, 0.6) is 0 Å². The smallest absolute Gasteiger partial charge is 0.234 e. The number of nitrogens with zero attached hydrogens (tertiary/aromatic N) is 3. The van der Waals surface area contributed by atoms with Crippen LogP contribution in [0.15, 0.2) is 75.2 Å². The first-order valence-electron chi connectivity index (χ1n) is 8.96. The molecule has 4 rings (SSSR count). The van der Waals surface area contributed by atoms with Crippen molar-refractivity contribution in [2.75, 3.05) is 11.1 Å². The van der Waals surface area contributed by atoms with Gasteiger partial charge in [0.15, 0.2) is 10.9 Å². The molecule has 0 unspecified atom stereocenters. The van der Waals surface area contributed by atoms with Crippen LogP contribution >= 0.6 is 39.3 Å². The first kappa shape index (κ1) is 20.7. The predicted molar refractivity (Wildman–Crippen MR) is 124 cm³/mol. The van der Waals surface area contributed by atoms with E-state index in [0.717, 1.165) is 15.4 Å². The fraction of sp³-hybridized carbons (Fsp3) is 0.0952. The number of rotatable bonds is 7. The molecule has 2 heterocycles. The Morgan fingerprint density at radius 1 is 1.27 bits per heavy atom. The van der Waals surface area contributed by atoms with E-state index in [0.29, 0.717) is 34.0 Å². The monoisotopic (exact) mass is 502 g/mol. The van der Waals surface area contributed by atoms with Gasteiger partial charge in [0.05, 0.1) is 16.5 Å². The Balaban J connectivity index is 1.54. The van der Waals surface area contributed by atoms with E-state index in [2.05, 4.69) is 38.0 Å². The number of hydrogen-bond donors (Lipinski definition) is 1. The Labute approximate surface area is 190 Å². The van der Waals surface area contributed by atoms with Gasteiger partial charge in [-0.05, 0) is 36.4 Å². The van der Waals surface area contributed by atoms with Crippen molar-refractivity contribution in [2.24, 2.45) is 0 Å². The fourth-order valence-electron chi connectivity index (χ4n) is 2.87. The number of anilines is 1. The highest BCUT2D eigenvalue weighted by atomic mass is 79.9. The molecule has 1 N–H and O–H groups in total. The summed E-state index contributed by atoms with van der Waals surface area (Å²) in [6.45, 7) is 4.29. The average Bonchev–Trinajstić information content (AvgIpc) is 3.32. The van der Waals surface area contributed by atoms with Gasteiger partial charge in [0, 0.05) is 16.4 Å². The SMILES string of the molecule is C=CCn1c(SCC(=O)Nc2ccccc2Cl)nnc1-c1cc2cc(Br)ccc2o1. The maximum atomic E-state index is 12.3. The summed E-state index contributed by atoms with van der Waals surface area (Å²) in [6.07, 6.45) is 1.75. The average molecular weight is 504 g/mol. The Morgan fingerprint density at radius 2 is 2.10 bits per heavy atom. The summed E-state index contributed by atoms with van der Waals surface area (Å²) in [7, 11) is 0. The zero-order valence-electron chi connectivity index (χ0n) is 15.6. The number of halogens is 2. The van der Waals surface area contributed by atoms with Gasteiger partial charge >= 0.3 is 0 Å². The summed E-state index contributed by atoms with van der Waals surface area (Å²) in [4.78, 5) is 12.3. The van der Waals surface area contributed by atoms with Crippen LogP contribution in [-0.2, 0) is 11.3 Å². The van der Waals surface area contributed by atoms with Crippen molar-refractivity contribution in [1.82, 2.24) is 14.8 Å². The number of amides is 1. The predicted octanol–water partition coefficient (Wildman–Crippen LogP) is 6.02. The number of nitrogens with one attached hydrogen (secondary N) is 1. The molecule has 9 heteroatoms. The topological polar surface area (TPSA) is 73.0 Å². The minimum Gasteiger partial charge on any atom is -0.453 e. The number of carbonyl (C=O) groups excluding carboxylic acids is 1. The van der Waals surface area contributed by atoms with Crippen LogP contribution in [0, 0.1) is 0 Å². The summed E-state index contributed by atoms with van der Waals surface area (Å²) >= 11 is 10.8. The molecule has 0 bridgehead atoms. The molecular weight excluding hydrogens is 488 g/mol. The van der Waals surface area contributed by atoms with E-state index in [4.69, 9.17) is 16.0 Å². The molecule has 2 aromatic carbocycles. The van der Waals surface area contributed by atoms with Gasteiger partial charge in [-0.3, -0.25) is 9.36 Å². The van der Waals surface area contributed by atoms with Crippen LogP contribution < -0.4 is 5.32 Å². The first-order valence-corrected chi connectivity index (χ1v) is 11.1. The van der Waals surface area contributed by atoms with E-state index in [1.54, 1.807) is 18.2 Å². The second-order valence-electron chi connectivity index (χ2n) is 6.31. The molecular formula is C21H16BrClN4O2S. The van der Waals surface area contributed by atoms with Crippen molar-refractivity contribution in [3.8, 4) is 11.6 Å². The summed E-state index contributed by atoms with van der Waals surface area (Å²) in [6, 6.07) is 14.8. The lowest BCUT2D eigenvalue weighted by Gasteiger charge is -2.08. The van der Waals surface area contributed by atoms with Crippen molar-refractivity contribution in [3.05, 3.63) is 70.7 Å². The number of aromatic nitrogens is 3. The van der Waals surface area contributed by atoms with Gasteiger partial charge in [-0.15, -0.1) is 16.8 Å². The second-order valence-corrected chi connectivity index (χ2v) is 8.58.